The average Bonchev–Trinajstić information content (AvgIpc) is 3.14. The van der Waals surface area contributed by atoms with Crippen molar-refractivity contribution in [3.8, 4) is 17.2 Å². The van der Waals surface area contributed by atoms with Crippen LogP contribution in [0.4, 0.5) is 5.69 Å². The van der Waals surface area contributed by atoms with Crippen molar-refractivity contribution in [1.82, 2.24) is 4.98 Å². The molecular weight excluding hydrogens is 452 g/mol. The minimum atomic E-state index is -3.30. The smallest absolute Gasteiger partial charge is 0.284 e. The maximum atomic E-state index is 12.5. The van der Waals surface area contributed by atoms with Gasteiger partial charge in [-0.15, -0.1) is 11.3 Å². The van der Waals surface area contributed by atoms with Crippen molar-refractivity contribution < 1.29 is 27.4 Å². The summed E-state index contributed by atoms with van der Waals surface area (Å²) in [4.78, 5) is 17.8. The normalized spacial score (nSPS) is 12.2. The Morgan fingerprint density at radius 3 is 2.41 bits per heavy atom. The second-order valence-corrected chi connectivity index (χ2v) is 10.4. The third kappa shape index (κ3) is 6.52. The van der Waals surface area contributed by atoms with Crippen LogP contribution in [0.15, 0.2) is 53.6 Å². The molecule has 3 rings (SSSR count). The number of ether oxygens (including phenoxy) is 3. The van der Waals surface area contributed by atoms with E-state index < -0.39 is 9.84 Å². The minimum absolute atomic E-state index is 0.196. The molecule has 0 aliphatic heterocycles. The lowest BCUT2D eigenvalue weighted by Gasteiger charge is -2.16. The molecule has 0 aliphatic carbocycles. The molecule has 1 N–H and O–H groups in total. The maximum Gasteiger partial charge on any atom is 0.284 e. The topological polar surface area (TPSA) is 104 Å². The summed E-state index contributed by atoms with van der Waals surface area (Å²) >= 11 is 1.30. The molecule has 0 saturated heterocycles. The molecule has 2 aromatic carbocycles. The number of benzene rings is 2. The third-order valence-electron chi connectivity index (χ3n) is 4.18. The van der Waals surface area contributed by atoms with E-state index in [9.17, 15) is 13.2 Å². The number of rotatable bonds is 9. The fourth-order valence-electron chi connectivity index (χ4n) is 2.81. The van der Waals surface area contributed by atoms with Gasteiger partial charge in [-0.25, -0.2) is 13.4 Å². The third-order valence-corrected chi connectivity index (χ3v) is 6.22. The Morgan fingerprint density at radius 1 is 1.12 bits per heavy atom. The fraction of sp³-hybridized carbons (Fsp3) is 0.273. The molecule has 0 radical (unpaired) electrons. The van der Waals surface area contributed by atoms with E-state index in [0.717, 1.165) is 11.1 Å². The predicted molar refractivity (Wildman–Crippen MR) is 123 cm³/mol. The van der Waals surface area contributed by atoms with Crippen molar-refractivity contribution >= 4 is 32.8 Å². The average molecular weight is 477 g/mol. The van der Waals surface area contributed by atoms with Gasteiger partial charge in [0.05, 0.1) is 11.5 Å². The van der Waals surface area contributed by atoms with Crippen molar-refractivity contribution in [2.24, 2.45) is 0 Å². The number of nitrogens with one attached hydrogen (secondary N) is 1. The van der Waals surface area contributed by atoms with Gasteiger partial charge in [0, 0.05) is 48.3 Å². The van der Waals surface area contributed by atoms with Crippen molar-refractivity contribution in [2.45, 2.75) is 24.8 Å². The molecule has 0 unspecified atom stereocenters. The summed E-state index contributed by atoms with van der Waals surface area (Å²) in [6.07, 6.45) is 2.55. The lowest BCUT2D eigenvalue weighted by atomic mass is 10.2. The quantitative estimate of drug-likeness (QED) is 0.491. The lowest BCUT2D eigenvalue weighted by Crippen LogP contribution is -2.18. The molecule has 0 fully saturated rings. The van der Waals surface area contributed by atoms with E-state index in [0.29, 0.717) is 34.6 Å². The van der Waals surface area contributed by atoms with Gasteiger partial charge in [-0.05, 0) is 38.1 Å². The molecule has 10 heteroatoms. The highest BCUT2D eigenvalue weighted by Gasteiger charge is 2.14. The minimum Gasteiger partial charge on any atom is -0.488 e. The Morgan fingerprint density at radius 2 is 1.81 bits per heavy atom. The van der Waals surface area contributed by atoms with Crippen LogP contribution in [0, 0.1) is 6.92 Å². The number of methoxy groups -OCH3 is 1. The zero-order valence-electron chi connectivity index (χ0n) is 18.1. The van der Waals surface area contributed by atoms with Crippen LogP contribution in [0.1, 0.15) is 21.6 Å². The molecule has 1 amide bonds. The Bertz CT molecular complexity index is 1190. The van der Waals surface area contributed by atoms with Gasteiger partial charge in [0.2, 0.25) is 0 Å². The number of anilines is 1. The number of aromatic nitrogens is 1. The summed E-state index contributed by atoms with van der Waals surface area (Å²) in [6, 6.07) is 11.1. The molecule has 1 aromatic heterocycles. The number of thiazole rings is 1. The van der Waals surface area contributed by atoms with Crippen molar-refractivity contribution in [1.29, 1.82) is 0 Å². The van der Waals surface area contributed by atoms with Crippen LogP contribution in [0.2, 0.25) is 0 Å². The molecule has 0 bridgehead atoms. The molecule has 0 aliphatic rings. The number of hydrogen-bond donors (Lipinski definition) is 1. The van der Waals surface area contributed by atoms with Gasteiger partial charge < -0.3 is 19.5 Å². The molecule has 170 valence electrons. The fourth-order valence-corrected chi connectivity index (χ4v) is 4.10. The summed E-state index contributed by atoms with van der Waals surface area (Å²) in [7, 11) is -1.72. The summed E-state index contributed by atoms with van der Waals surface area (Å²) in [5, 5.41) is 3.16. The molecule has 1 atom stereocenters. The number of carbonyl (C=O) groups excluding carboxylic acids is 1. The van der Waals surface area contributed by atoms with Gasteiger partial charge in [0.15, 0.2) is 14.8 Å². The summed E-state index contributed by atoms with van der Waals surface area (Å²) < 4.78 is 40.2. The van der Waals surface area contributed by atoms with Crippen molar-refractivity contribution in [3.05, 3.63) is 58.5 Å². The first-order valence-electron chi connectivity index (χ1n) is 9.66. The van der Waals surface area contributed by atoms with Gasteiger partial charge in [-0.3, -0.25) is 4.79 Å². The van der Waals surface area contributed by atoms with E-state index in [1.54, 1.807) is 43.6 Å². The maximum absolute atomic E-state index is 12.5. The zero-order chi connectivity index (χ0) is 23.3. The highest BCUT2D eigenvalue weighted by molar-refractivity contribution is 7.90. The molecule has 0 saturated carbocycles. The molecule has 3 aromatic rings. The highest BCUT2D eigenvalue weighted by Crippen LogP contribution is 2.31. The van der Waals surface area contributed by atoms with Crippen LogP contribution in [-0.4, -0.2) is 45.4 Å². The molecule has 8 nitrogen and oxygen atoms in total. The van der Waals surface area contributed by atoms with E-state index in [1.807, 2.05) is 13.8 Å². The first kappa shape index (κ1) is 23.7. The lowest BCUT2D eigenvalue weighted by molar-refractivity contribution is 0.0920. The van der Waals surface area contributed by atoms with Crippen LogP contribution < -0.4 is 14.8 Å². The van der Waals surface area contributed by atoms with Crippen LogP contribution in [0.5, 0.6) is 17.2 Å². The van der Waals surface area contributed by atoms with E-state index >= 15 is 0 Å². The second kappa shape index (κ2) is 10.1. The van der Waals surface area contributed by atoms with Gasteiger partial charge in [0.25, 0.3) is 5.91 Å². The van der Waals surface area contributed by atoms with Gasteiger partial charge in [0.1, 0.15) is 23.4 Å². The van der Waals surface area contributed by atoms with E-state index in [4.69, 9.17) is 14.2 Å². The Hall–Kier alpha value is -2.95. The van der Waals surface area contributed by atoms with Gasteiger partial charge in [-0.2, -0.15) is 0 Å². The van der Waals surface area contributed by atoms with Crippen LogP contribution in [-0.2, 0) is 14.6 Å². The zero-order valence-corrected chi connectivity index (χ0v) is 19.7. The largest absolute Gasteiger partial charge is 0.488 e. The van der Waals surface area contributed by atoms with Crippen molar-refractivity contribution in [2.75, 3.05) is 25.3 Å². The SMILES string of the molecule is COC[C@H](C)Oc1cc(NC(=O)c2ncc(C)s2)cc(Oc2ccc(S(C)(=O)=O)cc2)c1. The number of amides is 1. The van der Waals surface area contributed by atoms with Gasteiger partial charge >= 0.3 is 0 Å². The number of nitrogens with zero attached hydrogens (tertiary/aromatic N) is 1. The van der Waals surface area contributed by atoms with Crippen LogP contribution in [0.25, 0.3) is 0 Å². The number of sulfone groups is 1. The number of aryl methyl sites for hydroxylation is 1. The summed E-state index contributed by atoms with van der Waals surface area (Å²) in [6.45, 7) is 4.12. The predicted octanol–water partition coefficient (Wildman–Crippen LogP) is 4.31. The molecule has 1 heterocycles. The summed E-state index contributed by atoms with van der Waals surface area (Å²) in [5.74, 6) is 0.983. The van der Waals surface area contributed by atoms with Gasteiger partial charge in [-0.1, -0.05) is 0 Å². The molecule has 0 spiro atoms. The highest BCUT2D eigenvalue weighted by atomic mass is 32.2. The Kier molecular flexibility index (Phi) is 7.49. The Balaban J connectivity index is 1.86. The second-order valence-electron chi connectivity index (χ2n) is 7.15. The van der Waals surface area contributed by atoms with E-state index in [-0.39, 0.29) is 16.9 Å². The Labute approximate surface area is 191 Å². The monoisotopic (exact) mass is 476 g/mol. The van der Waals surface area contributed by atoms with E-state index in [1.165, 1.54) is 23.5 Å². The summed E-state index contributed by atoms with van der Waals surface area (Å²) in [5.41, 5.74) is 0.465. The van der Waals surface area contributed by atoms with Crippen LogP contribution >= 0.6 is 11.3 Å². The number of carbonyl (C=O) groups is 1. The van der Waals surface area contributed by atoms with Crippen molar-refractivity contribution in [3.63, 3.8) is 0 Å². The van der Waals surface area contributed by atoms with E-state index in [2.05, 4.69) is 10.3 Å². The standard InChI is InChI=1S/C22H24N2O6S2/c1-14(13-28-3)29-18-9-16(24-21(25)22-23-12-15(2)31-22)10-19(11-18)30-17-5-7-20(8-6-17)32(4,26)27/h5-12,14H,13H2,1-4H3,(H,24,25)/t14-/m0/s1. The molecule has 32 heavy (non-hydrogen) atoms. The van der Waals surface area contributed by atoms with Crippen LogP contribution in [0.3, 0.4) is 0 Å². The first-order chi connectivity index (χ1) is 15.1. The molecular formula is C22H24N2O6S2. The first-order valence-corrected chi connectivity index (χ1v) is 12.4. The number of hydrogen-bond acceptors (Lipinski definition) is 8.